The lowest BCUT2D eigenvalue weighted by molar-refractivity contribution is -0.139. The summed E-state index contributed by atoms with van der Waals surface area (Å²) in [5, 5.41) is 20.0. The van der Waals surface area contributed by atoms with Crippen molar-refractivity contribution in [2.75, 3.05) is 26.9 Å². The third-order valence-corrected chi connectivity index (χ3v) is 4.90. The molecule has 2 aromatic carbocycles. The molecule has 158 valence electrons. The summed E-state index contributed by atoms with van der Waals surface area (Å²) in [4.78, 5) is 27.1. The SMILES string of the molecule is CCCN1C(=O)C(=O)/C(=C(\O)c2ccc(OC)cc2)C1c1cccc(OCCO)c1. The van der Waals surface area contributed by atoms with E-state index in [2.05, 4.69) is 0 Å². The maximum Gasteiger partial charge on any atom is 0.295 e. The average molecular weight is 411 g/mol. The van der Waals surface area contributed by atoms with Gasteiger partial charge < -0.3 is 24.6 Å². The van der Waals surface area contributed by atoms with E-state index < -0.39 is 17.7 Å². The summed E-state index contributed by atoms with van der Waals surface area (Å²) >= 11 is 0. The van der Waals surface area contributed by atoms with E-state index >= 15 is 0 Å². The summed E-state index contributed by atoms with van der Waals surface area (Å²) < 4.78 is 10.6. The monoisotopic (exact) mass is 411 g/mol. The third-order valence-electron chi connectivity index (χ3n) is 4.90. The molecule has 2 N–H and O–H groups in total. The Morgan fingerprint density at radius 2 is 1.83 bits per heavy atom. The molecule has 7 heteroatoms. The van der Waals surface area contributed by atoms with Crippen LogP contribution in [-0.2, 0) is 9.59 Å². The summed E-state index contributed by atoms with van der Waals surface area (Å²) in [5.74, 6) is -0.473. The molecule has 1 aliphatic rings. The van der Waals surface area contributed by atoms with Crippen LogP contribution in [0.3, 0.4) is 0 Å². The number of carbonyl (C=O) groups is 2. The smallest absolute Gasteiger partial charge is 0.295 e. The van der Waals surface area contributed by atoms with Gasteiger partial charge in [0, 0.05) is 12.1 Å². The van der Waals surface area contributed by atoms with Gasteiger partial charge in [-0.05, 0) is 48.4 Å². The summed E-state index contributed by atoms with van der Waals surface area (Å²) in [7, 11) is 1.54. The summed E-state index contributed by atoms with van der Waals surface area (Å²) in [6, 6.07) is 12.9. The molecular formula is C23H25NO6. The van der Waals surface area contributed by atoms with Crippen molar-refractivity contribution >= 4 is 17.4 Å². The number of likely N-dealkylation sites (tertiary alicyclic amines) is 1. The van der Waals surface area contributed by atoms with Crippen LogP contribution in [0.15, 0.2) is 54.1 Å². The van der Waals surface area contributed by atoms with Crippen LogP contribution in [0.4, 0.5) is 0 Å². The molecular weight excluding hydrogens is 386 g/mol. The fourth-order valence-electron chi connectivity index (χ4n) is 3.54. The standard InChI is InChI=1S/C23H25NO6/c1-3-11-24-20(16-5-4-6-18(14-16)30-13-12-25)19(22(27)23(24)28)21(26)15-7-9-17(29-2)10-8-15/h4-10,14,20,25-26H,3,11-13H2,1-2H3/b21-19-. The minimum Gasteiger partial charge on any atom is -0.507 e. The van der Waals surface area contributed by atoms with E-state index in [0.717, 1.165) is 0 Å². The number of aliphatic hydroxyl groups excluding tert-OH is 2. The number of benzene rings is 2. The predicted molar refractivity (Wildman–Crippen MR) is 111 cm³/mol. The normalized spacial score (nSPS) is 18.0. The second kappa shape index (κ2) is 9.45. The Hall–Kier alpha value is -3.32. The van der Waals surface area contributed by atoms with Crippen molar-refractivity contribution in [2.24, 2.45) is 0 Å². The van der Waals surface area contributed by atoms with E-state index in [1.165, 1.54) is 12.0 Å². The van der Waals surface area contributed by atoms with Crippen LogP contribution in [0.5, 0.6) is 11.5 Å². The maximum absolute atomic E-state index is 12.9. The number of carbonyl (C=O) groups excluding carboxylic acids is 2. The van der Waals surface area contributed by atoms with Gasteiger partial charge in [-0.1, -0.05) is 19.1 Å². The maximum atomic E-state index is 12.9. The number of rotatable bonds is 8. The van der Waals surface area contributed by atoms with Crippen molar-refractivity contribution < 1.29 is 29.3 Å². The molecule has 0 spiro atoms. The molecule has 1 unspecified atom stereocenters. The van der Waals surface area contributed by atoms with Crippen molar-refractivity contribution in [1.29, 1.82) is 0 Å². The second-order valence-electron chi connectivity index (χ2n) is 6.87. The highest BCUT2D eigenvalue weighted by Gasteiger charge is 2.45. The van der Waals surface area contributed by atoms with Gasteiger partial charge in [0.2, 0.25) is 0 Å². The molecule has 1 atom stereocenters. The molecule has 0 bridgehead atoms. The Balaban J connectivity index is 2.11. The van der Waals surface area contributed by atoms with Gasteiger partial charge in [0.15, 0.2) is 0 Å². The third kappa shape index (κ3) is 4.16. The van der Waals surface area contributed by atoms with E-state index in [-0.39, 0.29) is 24.5 Å². The molecule has 0 aromatic heterocycles. The zero-order valence-electron chi connectivity index (χ0n) is 17.0. The zero-order chi connectivity index (χ0) is 21.7. The lowest BCUT2D eigenvalue weighted by Gasteiger charge is -2.25. The minimum absolute atomic E-state index is 0.0397. The molecule has 30 heavy (non-hydrogen) atoms. The van der Waals surface area contributed by atoms with Gasteiger partial charge in [0.05, 0.1) is 25.3 Å². The van der Waals surface area contributed by atoms with Crippen molar-refractivity contribution in [1.82, 2.24) is 4.90 Å². The number of ether oxygens (including phenoxy) is 2. The van der Waals surface area contributed by atoms with E-state index in [1.807, 2.05) is 6.92 Å². The molecule has 0 radical (unpaired) electrons. The zero-order valence-corrected chi connectivity index (χ0v) is 17.0. The van der Waals surface area contributed by atoms with E-state index in [1.54, 1.807) is 48.5 Å². The Kier molecular flexibility index (Phi) is 6.74. The highest BCUT2D eigenvalue weighted by atomic mass is 16.5. The van der Waals surface area contributed by atoms with Crippen LogP contribution in [0, 0.1) is 0 Å². The topological polar surface area (TPSA) is 96.3 Å². The number of aliphatic hydroxyl groups is 2. The van der Waals surface area contributed by atoms with Crippen LogP contribution in [0.25, 0.3) is 5.76 Å². The molecule has 1 amide bonds. The quantitative estimate of drug-likeness (QED) is 0.394. The van der Waals surface area contributed by atoms with Crippen LogP contribution in [0.2, 0.25) is 0 Å². The lowest BCUT2D eigenvalue weighted by Crippen LogP contribution is -2.30. The molecule has 1 saturated heterocycles. The van der Waals surface area contributed by atoms with Gasteiger partial charge in [0.1, 0.15) is 23.9 Å². The number of methoxy groups -OCH3 is 1. The van der Waals surface area contributed by atoms with Crippen LogP contribution >= 0.6 is 0 Å². The van der Waals surface area contributed by atoms with Gasteiger partial charge in [-0.25, -0.2) is 0 Å². The average Bonchev–Trinajstić information content (AvgIpc) is 3.02. The van der Waals surface area contributed by atoms with Gasteiger partial charge in [0.25, 0.3) is 11.7 Å². The first-order chi connectivity index (χ1) is 14.5. The number of Topliss-reactive ketones (excluding diaryl/α,β-unsaturated/α-hetero) is 1. The molecule has 0 saturated carbocycles. The van der Waals surface area contributed by atoms with E-state index in [0.29, 0.717) is 35.6 Å². The second-order valence-corrected chi connectivity index (χ2v) is 6.87. The summed E-state index contributed by atoms with van der Waals surface area (Å²) in [5.41, 5.74) is 1.11. The molecule has 3 rings (SSSR count). The molecule has 1 aliphatic heterocycles. The van der Waals surface area contributed by atoms with Crippen LogP contribution < -0.4 is 9.47 Å². The first-order valence-corrected chi connectivity index (χ1v) is 9.78. The van der Waals surface area contributed by atoms with Gasteiger partial charge in [-0.15, -0.1) is 0 Å². The molecule has 7 nitrogen and oxygen atoms in total. The number of hydrogen-bond acceptors (Lipinski definition) is 6. The Morgan fingerprint density at radius 1 is 1.10 bits per heavy atom. The predicted octanol–water partition coefficient (Wildman–Crippen LogP) is 2.90. The van der Waals surface area contributed by atoms with E-state index in [4.69, 9.17) is 14.6 Å². The van der Waals surface area contributed by atoms with Crippen LogP contribution in [-0.4, -0.2) is 53.7 Å². The van der Waals surface area contributed by atoms with Crippen molar-refractivity contribution in [3.05, 3.63) is 65.2 Å². The van der Waals surface area contributed by atoms with Gasteiger partial charge in [-0.2, -0.15) is 0 Å². The lowest BCUT2D eigenvalue weighted by atomic mass is 9.95. The number of nitrogens with zero attached hydrogens (tertiary/aromatic N) is 1. The first-order valence-electron chi connectivity index (χ1n) is 9.78. The Morgan fingerprint density at radius 3 is 2.47 bits per heavy atom. The van der Waals surface area contributed by atoms with Crippen molar-refractivity contribution in [3.8, 4) is 11.5 Å². The van der Waals surface area contributed by atoms with Gasteiger partial charge in [-0.3, -0.25) is 9.59 Å². The fraction of sp³-hybridized carbons (Fsp3) is 0.304. The highest BCUT2D eigenvalue weighted by Crippen LogP contribution is 2.40. The summed E-state index contributed by atoms with van der Waals surface area (Å²) in [6.07, 6.45) is 0.660. The molecule has 1 heterocycles. The largest absolute Gasteiger partial charge is 0.507 e. The van der Waals surface area contributed by atoms with E-state index in [9.17, 15) is 14.7 Å². The number of amides is 1. The fourth-order valence-corrected chi connectivity index (χ4v) is 3.54. The van der Waals surface area contributed by atoms with Crippen molar-refractivity contribution in [2.45, 2.75) is 19.4 Å². The number of hydrogen-bond donors (Lipinski definition) is 2. The number of ketones is 1. The molecule has 1 fully saturated rings. The molecule has 0 aliphatic carbocycles. The summed E-state index contributed by atoms with van der Waals surface area (Å²) in [6.45, 7) is 2.29. The molecule has 2 aromatic rings. The first kappa shape index (κ1) is 21.4. The Labute approximate surface area is 175 Å². The van der Waals surface area contributed by atoms with Crippen molar-refractivity contribution in [3.63, 3.8) is 0 Å². The highest BCUT2D eigenvalue weighted by molar-refractivity contribution is 6.46. The Bertz CT molecular complexity index is 950. The minimum atomic E-state index is -0.732. The van der Waals surface area contributed by atoms with Crippen LogP contribution in [0.1, 0.15) is 30.5 Å². The van der Waals surface area contributed by atoms with Gasteiger partial charge >= 0.3 is 0 Å².